The fourth-order valence-electron chi connectivity index (χ4n) is 2.88. The molecule has 0 radical (unpaired) electrons. The number of carbonyl (C=O) groups is 1. The normalized spacial score (nSPS) is 17.1. The van der Waals surface area contributed by atoms with Crippen LogP contribution in [0, 0.1) is 5.92 Å². The molecule has 0 spiro atoms. The highest BCUT2D eigenvalue weighted by Gasteiger charge is 2.26. The van der Waals surface area contributed by atoms with Gasteiger partial charge in [-0.15, -0.1) is 24.8 Å². The molecule has 1 aliphatic carbocycles. The predicted octanol–water partition coefficient (Wildman–Crippen LogP) is 2.72. The zero-order valence-corrected chi connectivity index (χ0v) is 15.1. The third-order valence-corrected chi connectivity index (χ3v) is 4.12. The van der Waals surface area contributed by atoms with Crippen LogP contribution in [0.3, 0.4) is 0 Å². The molecule has 7 heteroatoms. The lowest BCUT2D eigenvalue weighted by molar-refractivity contribution is -0.128. The van der Waals surface area contributed by atoms with Crippen LogP contribution in [0.1, 0.15) is 39.0 Å². The quantitative estimate of drug-likeness (QED) is 0.814. The number of nitrogens with one attached hydrogen (secondary N) is 1. The minimum absolute atomic E-state index is 0. The molecule has 5 nitrogen and oxygen atoms in total. The molecule has 1 aromatic heterocycles. The van der Waals surface area contributed by atoms with Crippen LogP contribution < -0.4 is 15.8 Å². The Bertz CT molecular complexity index is 442. The fraction of sp³-hybridized carbons (Fsp3) is 0.625. The van der Waals surface area contributed by atoms with Gasteiger partial charge in [0.25, 0.3) is 5.91 Å². The summed E-state index contributed by atoms with van der Waals surface area (Å²) in [4.78, 5) is 16.2. The Hall–Kier alpha value is -1.04. The van der Waals surface area contributed by atoms with E-state index in [1.54, 1.807) is 31.5 Å². The first kappa shape index (κ1) is 22.0. The first-order valence-corrected chi connectivity index (χ1v) is 7.78. The van der Waals surface area contributed by atoms with E-state index < -0.39 is 6.10 Å². The van der Waals surface area contributed by atoms with E-state index in [0.717, 1.165) is 12.8 Å². The highest BCUT2D eigenvalue weighted by atomic mass is 35.5. The second kappa shape index (κ2) is 11.5. The molecule has 1 aliphatic rings. The number of aromatic nitrogens is 1. The lowest BCUT2D eigenvalue weighted by atomic mass is 9.84. The maximum atomic E-state index is 12.2. The Morgan fingerprint density at radius 1 is 1.39 bits per heavy atom. The van der Waals surface area contributed by atoms with E-state index in [2.05, 4.69) is 10.3 Å². The highest BCUT2D eigenvalue weighted by Crippen LogP contribution is 2.26. The van der Waals surface area contributed by atoms with Gasteiger partial charge < -0.3 is 15.8 Å². The number of hydrogen-bond donors (Lipinski definition) is 2. The highest BCUT2D eigenvalue weighted by molar-refractivity contribution is 5.85. The zero-order chi connectivity index (χ0) is 15.1. The summed E-state index contributed by atoms with van der Waals surface area (Å²) < 4.78 is 5.59. The van der Waals surface area contributed by atoms with Gasteiger partial charge >= 0.3 is 0 Å². The zero-order valence-electron chi connectivity index (χ0n) is 13.4. The van der Waals surface area contributed by atoms with E-state index in [0.29, 0.717) is 18.2 Å². The van der Waals surface area contributed by atoms with Crippen molar-refractivity contribution in [3.63, 3.8) is 0 Å². The number of halogens is 2. The number of hydrogen-bond acceptors (Lipinski definition) is 4. The average Bonchev–Trinajstić information content (AvgIpc) is 2.54. The topological polar surface area (TPSA) is 77.2 Å². The largest absolute Gasteiger partial charge is 0.479 e. The second-order valence-electron chi connectivity index (χ2n) is 5.70. The average molecular weight is 364 g/mol. The molecular weight excluding hydrogens is 337 g/mol. The summed E-state index contributed by atoms with van der Waals surface area (Å²) in [5, 5.41) is 3.05. The van der Waals surface area contributed by atoms with Crippen LogP contribution in [0.2, 0.25) is 0 Å². The molecule has 0 aromatic carbocycles. The van der Waals surface area contributed by atoms with E-state index in [4.69, 9.17) is 10.5 Å². The van der Waals surface area contributed by atoms with E-state index >= 15 is 0 Å². The molecule has 0 saturated heterocycles. The van der Waals surface area contributed by atoms with Crippen molar-refractivity contribution in [2.45, 2.75) is 51.2 Å². The molecular formula is C16H27Cl2N3O2. The molecule has 1 saturated carbocycles. The van der Waals surface area contributed by atoms with Crippen molar-refractivity contribution in [2.75, 3.05) is 6.54 Å². The van der Waals surface area contributed by atoms with Crippen LogP contribution in [0.25, 0.3) is 0 Å². The summed E-state index contributed by atoms with van der Waals surface area (Å²) in [5.74, 6) is 0.986. The summed E-state index contributed by atoms with van der Waals surface area (Å²) >= 11 is 0. The molecule has 1 fully saturated rings. The van der Waals surface area contributed by atoms with Crippen LogP contribution in [-0.2, 0) is 4.79 Å². The van der Waals surface area contributed by atoms with Gasteiger partial charge in [0.1, 0.15) is 5.75 Å². The monoisotopic (exact) mass is 363 g/mol. The Morgan fingerprint density at radius 2 is 2.09 bits per heavy atom. The van der Waals surface area contributed by atoms with Gasteiger partial charge in [-0.2, -0.15) is 0 Å². The molecule has 1 heterocycles. The molecule has 2 rings (SSSR count). The number of nitrogens with two attached hydrogens (primary N) is 1. The summed E-state index contributed by atoms with van der Waals surface area (Å²) in [7, 11) is 0. The number of carbonyl (C=O) groups excluding carboxylic acids is 1. The van der Waals surface area contributed by atoms with Crippen molar-refractivity contribution in [3.05, 3.63) is 24.5 Å². The molecule has 1 aromatic rings. The SMILES string of the molecule is CC(Oc1cccnc1)C(=O)NC(CN)C1CCCCC1.Cl.Cl. The lowest BCUT2D eigenvalue weighted by Crippen LogP contribution is -2.49. The lowest BCUT2D eigenvalue weighted by Gasteiger charge is -2.30. The smallest absolute Gasteiger partial charge is 0.261 e. The van der Waals surface area contributed by atoms with Gasteiger partial charge in [-0.05, 0) is 37.8 Å². The minimum atomic E-state index is -0.549. The van der Waals surface area contributed by atoms with Gasteiger partial charge in [-0.3, -0.25) is 9.78 Å². The van der Waals surface area contributed by atoms with Gasteiger partial charge in [0.15, 0.2) is 6.10 Å². The molecule has 1 amide bonds. The van der Waals surface area contributed by atoms with Crippen LogP contribution in [-0.4, -0.2) is 29.6 Å². The third-order valence-electron chi connectivity index (χ3n) is 4.12. The Kier molecular flexibility index (Phi) is 11.0. The molecule has 23 heavy (non-hydrogen) atoms. The molecule has 2 atom stereocenters. The third kappa shape index (κ3) is 6.94. The van der Waals surface area contributed by atoms with Gasteiger partial charge in [0, 0.05) is 18.8 Å². The predicted molar refractivity (Wildman–Crippen MR) is 96.4 cm³/mol. The van der Waals surface area contributed by atoms with Gasteiger partial charge in [0.2, 0.25) is 0 Å². The number of nitrogens with zero attached hydrogens (tertiary/aromatic N) is 1. The van der Waals surface area contributed by atoms with Crippen LogP contribution in [0.15, 0.2) is 24.5 Å². The van der Waals surface area contributed by atoms with Gasteiger partial charge in [-0.1, -0.05) is 19.3 Å². The summed E-state index contributed by atoms with van der Waals surface area (Å²) in [6, 6.07) is 3.63. The fourth-order valence-corrected chi connectivity index (χ4v) is 2.88. The van der Waals surface area contributed by atoms with Crippen LogP contribution >= 0.6 is 24.8 Å². The maximum Gasteiger partial charge on any atom is 0.261 e. The number of pyridine rings is 1. The molecule has 0 aliphatic heterocycles. The minimum Gasteiger partial charge on any atom is -0.479 e. The number of rotatable bonds is 6. The molecule has 2 unspecified atom stereocenters. The van der Waals surface area contributed by atoms with Crippen LogP contribution in [0.4, 0.5) is 0 Å². The van der Waals surface area contributed by atoms with Crippen molar-refractivity contribution in [2.24, 2.45) is 11.7 Å². The van der Waals surface area contributed by atoms with Crippen molar-refractivity contribution >= 4 is 30.7 Å². The standard InChI is InChI=1S/C16H25N3O2.2ClH/c1-12(21-14-8-5-9-18-11-14)16(20)19-15(10-17)13-6-3-2-4-7-13;;/h5,8-9,11-13,15H,2-4,6-7,10,17H2,1H3,(H,19,20);2*1H. The van der Waals surface area contributed by atoms with Gasteiger partial charge in [0.05, 0.1) is 6.20 Å². The van der Waals surface area contributed by atoms with Crippen LogP contribution in [0.5, 0.6) is 5.75 Å². The Morgan fingerprint density at radius 3 is 2.65 bits per heavy atom. The Labute approximate surface area is 150 Å². The summed E-state index contributed by atoms with van der Waals surface area (Å²) in [6.07, 6.45) is 8.79. The molecule has 132 valence electrons. The van der Waals surface area contributed by atoms with Crippen molar-refractivity contribution in [1.82, 2.24) is 10.3 Å². The second-order valence-corrected chi connectivity index (χ2v) is 5.70. The Balaban J connectivity index is 0.00000242. The van der Waals surface area contributed by atoms with E-state index in [1.165, 1.54) is 19.3 Å². The number of ether oxygens (including phenoxy) is 1. The first-order chi connectivity index (χ1) is 10.2. The summed E-state index contributed by atoms with van der Waals surface area (Å²) in [6.45, 7) is 2.23. The maximum absolute atomic E-state index is 12.2. The van der Waals surface area contributed by atoms with E-state index in [9.17, 15) is 4.79 Å². The van der Waals surface area contributed by atoms with Crippen molar-refractivity contribution in [1.29, 1.82) is 0 Å². The number of amides is 1. The summed E-state index contributed by atoms with van der Waals surface area (Å²) in [5.41, 5.74) is 5.84. The molecule has 0 bridgehead atoms. The van der Waals surface area contributed by atoms with Crippen molar-refractivity contribution in [3.8, 4) is 5.75 Å². The molecule has 3 N–H and O–H groups in total. The van der Waals surface area contributed by atoms with E-state index in [-0.39, 0.29) is 36.8 Å². The van der Waals surface area contributed by atoms with Crippen molar-refractivity contribution < 1.29 is 9.53 Å². The van der Waals surface area contributed by atoms with E-state index in [1.807, 2.05) is 0 Å². The first-order valence-electron chi connectivity index (χ1n) is 7.78. The van der Waals surface area contributed by atoms with Gasteiger partial charge in [-0.25, -0.2) is 0 Å².